The highest BCUT2D eigenvalue weighted by Gasteiger charge is 2.29. The van der Waals surface area contributed by atoms with E-state index in [0.717, 1.165) is 52.1 Å². The maximum absolute atomic E-state index is 13.5. The predicted molar refractivity (Wildman–Crippen MR) is 128 cm³/mol. The SMILES string of the molecule is Cc1nn(Cc2ccccc2)c2nc(C3CC3)cc(C(=O)Nc3ccccc3C(C)C)c12. The zero-order chi connectivity index (χ0) is 22.2. The van der Waals surface area contributed by atoms with Crippen LogP contribution in [-0.2, 0) is 6.54 Å². The summed E-state index contributed by atoms with van der Waals surface area (Å²) in [7, 11) is 0. The van der Waals surface area contributed by atoms with Gasteiger partial charge < -0.3 is 5.32 Å². The van der Waals surface area contributed by atoms with Gasteiger partial charge in [-0.3, -0.25) is 4.79 Å². The van der Waals surface area contributed by atoms with E-state index in [4.69, 9.17) is 10.1 Å². The molecule has 5 heteroatoms. The molecule has 32 heavy (non-hydrogen) atoms. The second kappa shape index (κ2) is 8.23. The number of benzene rings is 2. The maximum atomic E-state index is 13.5. The molecule has 0 spiro atoms. The van der Waals surface area contributed by atoms with Crippen molar-refractivity contribution >= 4 is 22.6 Å². The molecular formula is C27H28N4O. The van der Waals surface area contributed by atoms with Crippen LogP contribution in [0.15, 0.2) is 60.7 Å². The van der Waals surface area contributed by atoms with Crippen LogP contribution in [0.3, 0.4) is 0 Å². The van der Waals surface area contributed by atoms with Crippen LogP contribution in [0.1, 0.15) is 71.4 Å². The Balaban J connectivity index is 1.59. The van der Waals surface area contributed by atoms with E-state index in [1.54, 1.807) is 0 Å². The molecule has 1 fully saturated rings. The van der Waals surface area contributed by atoms with Gasteiger partial charge in [-0.05, 0) is 48.9 Å². The fraction of sp³-hybridized carbons (Fsp3) is 0.296. The molecule has 2 aromatic heterocycles. The number of fused-ring (bicyclic) bond motifs is 1. The molecule has 2 aromatic carbocycles. The molecule has 1 aliphatic carbocycles. The summed E-state index contributed by atoms with van der Waals surface area (Å²) in [6, 6.07) is 20.2. The number of hydrogen-bond donors (Lipinski definition) is 1. The van der Waals surface area contributed by atoms with Crippen molar-refractivity contribution in [2.24, 2.45) is 0 Å². The molecule has 5 nitrogen and oxygen atoms in total. The fourth-order valence-electron chi connectivity index (χ4n) is 4.31. The number of carbonyl (C=O) groups excluding carboxylic acids is 1. The highest BCUT2D eigenvalue weighted by atomic mass is 16.1. The predicted octanol–water partition coefficient (Wildman–Crippen LogP) is 6.04. The molecule has 0 atom stereocenters. The third kappa shape index (κ3) is 3.91. The van der Waals surface area contributed by atoms with Crippen LogP contribution in [0, 0.1) is 6.92 Å². The zero-order valence-corrected chi connectivity index (χ0v) is 18.8. The molecular weight excluding hydrogens is 396 g/mol. The summed E-state index contributed by atoms with van der Waals surface area (Å²) in [5.74, 6) is 0.658. The topological polar surface area (TPSA) is 59.8 Å². The number of hydrogen-bond acceptors (Lipinski definition) is 3. The lowest BCUT2D eigenvalue weighted by molar-refractivity contribution is 0.102. The minimum Gasteiger partial charge on any atom is -0.322 e. The van der Waals surface area contributed by atoms with Crippen LogP contribution in [0.25, 0.3) is 11.0 Å². The van der Waals surface area contributed by atoms with E-state index in [1.165, 1.54) is 0 Å². The van der Waals surface area contributed by atoms with Crippen LogP contribution < -0.4 is 5.32 Å². The van der Waals surface area contributed by atoms with Crippen molar-refractivity contribution in [3.8, 4) is 0 Å². The Kier molecular flexibility index (Phi) is 5.25. The summed E-state index contributed by atoms with van der Waals surface area (Å²) in [5, 5.41) is 8.78. The lowest BCUT2D eigenvalue weighted by Gasteiger charge is -2.14. The molecule has 0 saturated heterocycles. The van der Waals surface area contributed by atoms with Crippen molar-refractivity contribution in [1.82, 2.24) is 14.8 Å². The second-order valence-electron chi connectivity index (χ2n) is 8.99. The molecule has 0 aliphatic heterocycles. The zero-order valence-electron chi connectivity index (χ0n) is 18.8. The van der Waals surface area contributed by atoms with Gasteiger partial charge in [-0.1, -0.05) is 62.4 Å². The van der Waals surface area contributed by atoms with Gasteiger partial charge >= 0.3 is 0 Å². The van der Waals surface area contributed by atoms with Crippen molar-refractivity contribution in [2.75, 3.05) is 5.32 Å². The third-order valence-electron chi connectivity index (χ3n) is 6.14. The molecule has 4 aromatic rings. The van der Waals surface area contributed by atoms with E-state index in [1.807, 2.05) is 54.1 Å². The number of rotatable bonds is 6. The monoisotopic (exact) mass is 424 g/mol. The number of nitrogens with zero attached hydrogens (tertiary/aromatic N) is 3. The van der Waals surface area contributed by atoms with Gasteiger partial charge in [-0.2, -0.15) is 5.10 Å². The minimum atomic E-state index is -0.102. The smallest absolute Gasteiger partial charge is 0.256 e. The van der Waals surface area contributed by atoms with Crippen molar-refractivity contribution in [1.29, 1.82) is 0 Å². The highest BCUT2D eigenvalue weighted by Crippen LogP contribution is 2.40. The van der Waals surface area contributed by atoms with Crippen LogP contribution in [0.2, 0.25) is 0 Å². The molecule has 0 unspecified atom stereocenters. The molecule has 1 aliphatic rings. The lowest BCUT2D eigenvalue weighted by atomic mass is 10.0. The number of aryl methyl sites for hydroxylation is 1. The average Bonchev–Trinajstić information content (AvgIpc) is 3.59. The molecule has 1 saturated carbocycles. The Labute approximate surface area is 188 Å². The van der Waals surface area contributed by atoms with Crippen LogP contribution >= 0.6 is 0 Å². The quantitative estimate of drug-likeness (QED) is 0.410. The number of amides is 1. The van der Waals surface area contributed by atoms with E-state index in [0.29, 0.717) is 23.9 Å². The lowest BCUT2D eigenvalue weighted by Crippen LogP contribution is -2.15. The minimum absolute atomic E-state index is 0.102. The molecule has 162 valence electrons. The molecule has 1 N–H and O–H groups in total. The fourth-order valence-corrected chi connectivity index (χ4v) is 4.31. The Morgan fingerprint density at radius 1 is 1.09 bits per heavy atom. The summed E-state index contributed by atoms with van der Waals surface area (Å²) in [6.07, 6.45) is 2.25. The number of anilines is 1. The first-order chi connectivity index (χ1) is 15.5. The summed E-state index contributed by atoms with van der Waals surface area (Å²) in [4.78, 5) is 18.5. The highest BCUT2D eigenvalue weighted by molar-refractivity contribution is 6.13. The molecule has 1 amide bonds. The normalized spacial score (nSPS) is 13.6. The van der Waals surface area contributed by atoms with Gasteiger partial charge in [0, 0.05) is 17.3 Å². The van der Waals surface area contributed by atoms with Crippen LogP contribution in [0.4, 0.5) is 5.69 Å². The van der Waals surface area contributed by atoms with Crippen molar-refractivity contribution in [2.45, 2.75) is 52.0 Å². The van der Waals surface area contributed by atoms with Crippen LogP contribution in [-0.4, -0.2) is 20.7 Å². The number of pyridine rings is 1. The number of carbonyl (C=O) groups is 1. The van der Waals surface area contributed by atoms with Gasteiger partial charge in [0.05, 0.1) is 23.2 Å². The number of nitrogens with one attached hydrogen (secondary N) is 1. The first kappa shape index (κ1) is 20.4. The summed E-state index contributed by atoms with van der Waals surface area (Å²) in [5.41, 5.74) is 6.42. The van der Waals surface area contributed by atoms with E-state index in [9.17, 15) is 4.79 Å². The molecule has 2 heterocycles. The Hall–Kier alpha value is -3.47. The van der Waals surface area contributed by atoms with E-state index in [-0.39, 0.29) is 5.91 Å². The van der Waals surface area contributed by atoms with E-state index >= 15 is 0 Å². The van der Waals surface area contributed by atoms with E-state index in [2.05, 4.69) is 37.4 Å². The first-order valence-corrected chi connectivity index (χ1v) is 11.3. The van der Waals surface area contributed by atoms with Crippen molar-refractivity contribution in [3.05, 3.63) is 88.7 Å². The maximum Gasteiger partial charge on any atom is 0.256 e. The van der Waals surface area contributed by atoms with Crippen molar-refractivity contribution in [3.63, 3.8) is 0 Å². The molecule has 0 radical (unpaired) electrons. The Bertz CT molecular complexity index is 1290. The Morgan fingerprint density at radius 2 is 1.81 bits per heavy atom. The average molecular weight is 425 g/mol. The summed E-state index contributed by atoms with van der Waals surface area (Å²) in [6.45, 7) is 6.86. The largest absolute Gasteiger partial charge is 0.322 e. The van der Waals surface area contributed by atoms with Gasteiger partial charge in [-0.25, -0.2) is 9.67 Å². The second-order valence-corrected chi connectivity index (χ2v) is 8.99. The number of para-hydroxylation sites is 1. The molecule has 0 bridgehead atoms. The number of aromatic nitrogens is 3. The first-order valence-electron chi connectivity index (χ1n) is 11.3. The van der Waals surface area contributed by atoms with Crippen molar-refractivity contribution < 1.29 is 4.79 Å². The Morgan fingerprint density at radius 3 is 2.53 bits per heavy atom. The summed E-state index contributed by atoms with van der Waals surface area (Å²) >= 11 is 0. The van der Waals surface area contributed by atoms with E-state index < -0.39 is 0 Å². The van der Waals surface area contributed by atoms with Gasteiger partial charge in [0.15, 0.2) is 5.65 Å². The molecule has 5 rings (SSSR count). The van der Waals surface area contributed by atoms with Gasteiger partial charge in [0.2, 0.25) is 0 Å². The summed E-state index contributed by atoms with van der Waals surface area (Å²) < 4.78 is 1.94. The van der Waals surface area contributed by atoms with Gasteiger partial charge in [0.1, 0.15) is 0 Å². The standard InChI is InChI=1S/C27H28N4O/c1-17(2)21-11-7-8-12-23(21)29-27(32)22-15-24(20-13-14-20)28-26-25(22)18(3)30-31(26)16-19-9-5-4-6-10-19/h4-12,15,17,20H,13-14,16H2,1-3H3,(H,29,32). The third-order valence-corrected chi connectivity index (χ3v) is 6.14. The van der Waals surface area contributed by atoms with Gasteiger partial charge in [0.25, 0.3) is 5.91 Å². The van der Waals surface area contributed by atoms with Crippen LogP contribution in [0.5, 0.6) is 0 Å². The van der Waals surface area contributed by atoms with Gasteiger partial charge in [-0.15, -0.1) is 0 Å².